The first-order chi connectivity index (χ1) is 16.0. The Morgan fingerprint density at radius 2 is 1.94 bits per heavy atom. The third kappa shape index (κ3) is 5.58. The van der Waals surface area contributed by atoms with Crippen LogP contribution in [0.1, 0.15) is 5.56 Å². The lowest BCUT2D eigenvalue weighted by Crippen LogP contribution is -2.36. The van der Waals surface area contributed by atoms with E-state index in [0.717, 1.165) is 30.0 Å². The Bertz CT molecular complexity index is 1160. The molecule has 1 aliphatic heterocycles. The number of phenols is 1. The number of aryl methyl sites for hydroxylation is 1. The van der Waals surface area contributed by atoms with Crippen molar-refractivity contribution in [2.45, 2.75) is 6.92 Å². The second-order valence-corrected chi connectivity index (χ2v) is 7.55. The van der Waals surface area contributed by atoms with Gasteiger partial charge in [-0.05, 0) is 43.3 Å². The smallest absolute Gasteiger partial charge is 0.247 e. The molecule has 4 rings (SSSR count). The summed E-state index contributed by atoms with van der Waals surface area (Å²) < 4.78 is 5.38. The summed E-state index contributed by atoms with van der Waals surface area (Å²) in [6, 6.07) is 12.8. The molecular formula is C24H26N6O3. The molecule has 1 amide bonds. The number of ether oxygens (including phenoxy) is 1. The lowest BCUT2D eigenvalue weighted by Gasteiger charge is -2.29. The number of phenolic OH excluding ortho intramolecular Hbond substituents is 1. The number of morpholine rings is 1. The standard InChI is InChI=1S/C24H26N6O3/c1-3-22(32)26-17-5-4-6-18(13-17)27-23-16(2)15-25-24(29-23)28-20-8-7-19(14-21(20)31)30-9-11-33-12-10-30/h3-8,13-15,31H,1,9-12H2,2H3,(H,26,32)(H2,25,27,28,29). The molecule has 4 N–H and O–H groups in total. The minimum atomic E-state index is -0.281. The molecular weight excluding hydrogens is 420 g/mol. The van der Waals surface area contributed by atoms with Crippen LogP contribution in [0.3, 0.4) is 0 Å². The highest BCUT2D eigenvalue weighted by Gasteiger charge is 2.14. The molecule has 33 heavy (non-hydrogen) atoms. The van der Waals surface area contributed by atoms with E-state index in [1.54, 1.807) is 24.4 Å². The van der Waals surface area contributed by atoms with Gasteiger partial charge < -0.3 is 30.7 Å². The number of anilines is 6. The van der Waals surface area contributed by atoms with Crippen molar-refractivity contribution >= 4 is 40.4 Å². The van der Waals surface area contributed by atoms with Gasteiger partial charge in [-0.3, -0.25) is 4.79 Å². The maximum absolute atomic E-state index is 11.6. The highest BCUT2D eigenvalue weighted by molar-refractivity contribution is 5.99. The zero-order valence-corrected chi connectivity index (χ0v) is 18.3. The van der Waals surface area contributed by atoms with E-state index in [0.29, 0.717) is 36.4 Å². The molecule has 0 spiro atoms. The van der Waals surface area contributed by atoms with E-state index < -0.39 is 0 Å². The normalized spacial score (nSPS) is 13.3. The molecule has 170 valence electrons. The van der Waals surface area contributed by atoms with Crippen LogP contribution in [0.2, 0.25) is 0 Å². The van der Waals surface area contributed by atoms with Crippen LogP contribution in [-0.2, 0) is 9.53 Å². The van der Waals surface area contributed by atoms with E-state index in [1.807, 2.05) is 31.2 Å². The number of hydrogen-bond acceptors (Lipinski definition) is 8. The van der Waals surface area contributed by atoms with Crippen LogP contribution in [0.4, 0.5) is 34.5 Å². The van der Waals surface area contributed by atoms with E-state index in [4.69, 9.17) is 4.74 Å². The molecule has 0 bridgehead atoms. The second-order valence-electron chi connectivity index (χ2n) is 7.55. The highest BCUT2D eigenvalue weighted by atomic mass is 16.5. The Labute approximate surface area is 192 Å². The summed E-state index contributed by atoms with van der Waals surface area (Å²) in [6.45, 7) is 8.29. The summed E-state index contributed by atoms with van der Waals surface area (Å²) in [5.74, 6) is 0.775. The van der Waals surface area contributed by atoms with Gasteiger partial charge >= 0.3 is 0 Å². The lowest BCUT2D eigenvalue weighted by atomic mass is 10.2. The van der Waals surface area contributed by atoms with Crippen molar-refractivity contribution in [2.24, 2.45) is 0 Å². The summed E-state index contributed by atoms with van der Waals surface area (Å²) in [6.07, 6.45) is 2.91. The zero-order valence-electron chi connectivity index (χ0n) is 18.3. The molecule has 0 aliphatic carbocycles. The maximum atomic E-state index is 11.6. The Hall–Kier alpha value is -4.11. The predicted molar refractivity (Wildman–Crippen MR) is 130 cm³/mol. The summed E-state index contributed by atoms with van der Waals surface area (Å²) >= 11 is 0. The van der Waals surface area contributed by atoms with E-state index in [-0.39, 0.29) is 11.7 Å². The van der Waals surface area contributed by atoms with Gasteiger partial charge in [0.05, 0.1) is 18.9 Å². The SMILES string of the molecule is C=CC(=O)Nc1cccc(Nc2nc(Nc3ccc(N4CCOCC4)cc3O)ncc2C)c1. The van der Waals surface area contributed by atoms with Crippen LogP contribution in [0.15, 0.2) is 61.3 Å². The number of amides is 1. The number of carbonyl (C=O) groups excluding carboxylic acids is 1. The van der Waals surface area contributed by atoms with Crippen molar-refractivity contribution in [3.8, 4) is 5.75 Å². The van der Waals surface area contributed by atoms with Gasteiger partial charge in [-0.15, -0.1) is 0 Å². The van der Waals surface area contributed by atoms with Crippen LogP contribution in [-0.4, -0.2) is 47.3 Å². The molecule has 0 saturated carbocycles. The summed E-state index contributed by atoms with van der Waals surface area (Å²) in [5, 5.41) is 19.6. The molecule has 2 heterocycles. The van der Waals surface area contributed by atoms with Gasteiger partial charge in [-0.25, -0.2) is 4.98 Å². The average molecular weight is 447 g/mol. The average Bonchev–Trinajstić information content (AvgIpc) is 2.83. The number of rotatable bonds is 7. The van der Waals surface area contributed by atoms with E-state index in [1.165, 1.54) is 6.08 Å². The van der Waals surface area contributed by atoms with Gasteiger partial charge in [0.15, 0.2) is 0 Å². The Balaban J connectivity index is 1.49. The number of hydrogen-bond donors (Lipinski definition) is 4. The third-order valence-electron chi connectivity index (χ3n) is 5.15. The number of aromatic hydroxyl groups is 1. The Morgan fingerprint density at radius 1 is 1.15 bits per heavy atom. The Morgan fingerprint density at radius 3 is 2.70 bits per heavy atom. The minimum absolute atomic E-state index is 0.114. The molecule has 1 aliphatic rings. The third-order valence-corrected chi connectivity index (χ3v) is 5.15. The van der Waals surface area contributed by atoms with Crippen molar-refractivity contribution in [1.82, 2.24) is 9.97 Å². The molecule has 1 aromatic heterocycles. The van der Waals surface area contributed by atoms with Crippen molar-refractivity contribution in [2.75, 3.05) is 47.2 Å². The Kier molecular flexibility index (Phi) is 6.70. The molecule has 1 saturated heterocycles. The van der Waals surface area contributed by atoms with Crippen molar-refractivity contribution in [3.63, 3.8) is 0 Å². The van der Waals surface area contributed by atoms with Gasteiger partial charge in [0.2, 0.25) is 11.9 Å². The summed E-state index contributed by atoms with van der Waals surface area (Å²) in [7, 11) is 0. The topological polar surface area (TPSA) is 112 Å². The fourth-order valence-electron chi connectivity index (χ4n) is 3.40. The van der Waals surface area contributed by atoms with Crippen LogP contribution in [0.5, 0.6) is 5.75 Å². The van der Waals surface area contributed by atoms with E-state index in [9.17, 15) is 9.90 Å². The first-order valence-electron chi connectivity index (χ1n) is 10.6. The number of benzene rings is 2. The van der Waals surface area contributed by atoms with Crippen LogP contribution in [0, 0.1) is 6.92 Å². The van der Waals surface area contributed by atoms with Gasteiger partial charge in [-0.2, -0.15) is 4.98 Å². The van der Waals surface area contributed by atoms with E-state index >= 15 is 0 Å². The van der Waals surface area contributed by atoms with Crippen molar-refractivity contribution < 1.29 is 14.6 Å². The predicted octanol–water partition coefficient (Wildman–Crippen LogP) is 3.94. The summed E-state index contributed by atoms with van der Waals surface area (Å²) in [4.78, 5) is 22.6. The summed E-state index contributed by atoms with van der Waals surface area (Å²) in [5.41, 5.74) is 3.68. The molecule has 9 heteroatoms. The first kappa shape index (κ1) is 22.1. The van der Waals surface area contributed by atoms with Gasteiger partial charge in [0.1, 0.15) is 11.6 Å². The molecule has 3 aromatic rings. The number of carbonyl (C=O) groups is 1. The molecule has 0 atom stereocenters. The molecule has 9 nitrogen and oxygen atoms in total. The van der Waals surface area contributed by atoms with Crippen LogP contribution < -0.4 is 20.9 Å². The number of aromatic nitrogens is 2. The van der Waals surface area contributed by atoms with Gasteiger partial charge in [0, 0.05) is 48.0 Å². The van der Waals surface area contributed by atoms with Crippen molar-refractivity contribution in [3.05, 3.63) is 66.9 Å². The molecule has 2 aromatic carbocycles. The molecule has 0 radical (unpaired) electrons. The minimum Gasteiger partial charge on any atom is -0.506 e. The fraction of sp³-hybridized carbons (Fsp3) is 0.208. The van der Waals surface area contributed by atoms with Crippen molar-refractivity contribution in [1.29, 1.82) is 0 Å². The molecule has 0 unspecified atom stereocenters. The monoisotopic (exact) mass is 446 g/mol. The fourth-order valence-corrected chi connectivity index (χ4v) is 3.40. The largest absolute Gasteiger partial charge is 0.506 e. The second kappa shape index (κ2) is 10.0. The van der Waals surface area contributed by atoms with Crippen LogP contribution in [0.25, 0.3) is 0 Å². The van der Waals surface area contributed by atoms with Gasteiger partial charge in [0.25, 0.3) is 0 Å². The highest BCUT2D eigenvalue weighted by Crippen LogP contribution is 2.31. The van der Waals surface area contributed by atoms with Gasteiger partial charge in [-0.1, -0.05) is 12.6 Å². The maximum Gasteiger partial charge on any atom is 0.247 e. The first-order valence-corrected chi connectivity index (χ1v) is 10.6. The number of nitrogens with zero attached hydrogens (tertiary/aromatic N) is 3. The van der Waals surface area contributed by atoms with E-state index in [2.05, 4.69) is 37.4 Å². The van der Waals surface area contributed by atoms with Crippen LogP contribution >= 0.6 is 0 Å². The zero-order chi connectivity index (χ0) is 23.2. The molecule has 1 fully saturated rings. The number of nitrogens with one attached hydrogen (secondary N) is 3. The quantitative estimate of drug-likeness (QED) is 0.319. The lowest BCUT2D eigenvalue weighted by molar-refractivity contribution is -0.111.